The van der Waals surface area contributed by atoms with Crippen LogP contribution < -0.4 is 37.3 Å². The standard InChI is InChI=1S/C45H67N9O17/c1-8-18-54(45(70)71-22-27-13-10-9-11-14-27)52-41(66)31-15-12-19-53(31)44(69)36(24(4)5)50-42(67)35(23(2)3)49-40(65)30(21-34(61)62)48-38(63)28(16-17-32(57)58)47-43(68)37(25(6)55)51-39(64)29(20-33(59)60)46-26(7)56/h9-11,13-14,23-25,28-31,35-37,55H,8,12,15-22H2,1-7H3,(H,46,56)(H,47,68)(H,48,63)(H,49,65)(H,50,67)(H,51,64)(H,52,66)(H,57,58)(H,59,60)(H,61,62)/t25-,28+,29+,30+,31-,35+,36+,37+/m1/s1. The first-order valence-electron chi connectivity index (χ1n) is 23.0. The summed E-state index contributed by atoms with van der Waals surface area (Å²) in [7, 11) is 0. The van der Waals surface area contributed by atoms with Crippen LogP contribution in [0, 0.1) is 11.8 Å². The third kappa shape index (κ3) is 19.9. The molecule has 0 aromatic heterocycles. The molecule has 0 aliphatic carbocycles. The fourth-order valence-corrected chi connectivity index (χ4v) is 7.19. The number of carbonyl (C=O) groups excluding carboxylic acids is 9. The van der Waals surface area contributed by atoms with Crippen molar-refractivity contribution in [2.75, 3.05) is 13.1 Å². The summed E-state index contributed by atoms with van der Waals surface area (Å²) >= 11 is 0. The number of hydrogen-bond donors (Lipinski definition) is 11. The van der Waals surface area contributed by atoms with Gasteiger partial charge in [-0.1, -0.05) is 65.0 Å². The zero-order chi connectivity index (χ0) is 53.7. The number of ether oxygens (including phenoxy) is 1. The van der Waals surface area contributed by atoms with E-state index in [0.29, 0.717) is 12.8 Å². The number of nitrogens with one attached hydrogen (secondary N) is 7. The fraction of sp³-hybridized carbons (Fsp3) is 0.600. The predicted octanol–water partition coefficient (Wildman–Crippen LogP) is -1.51. The molecular formula is C45H67N9O17. The molecule has 1 saturated heterocycles. The topological polar surface area (TPSA) is 386 Å². The molecule has 1 aliphatic heterocycles. The van der Waals surface area contributed by atoms with Crippen molar-refractivity contribution >= 4 is 71.3 Å². The van der Waals surface area contributed by atoms with E-state index in [0.717, 1.165) is 24.4 Å². The van der Waals surface area contributed by atoms with Crippen LogP contribution >= 0.6 is 0 Å². The summed E-state index contributed by atoms with van der Waals surface area (Å²) in [5.41, 5.74) is 3.28. The number of rotatable bonds is 27. The summed E-state index contributed by atoms with van der Waals surface area (Å²) in [5, 5.41) is 53.1. The van der Waals surface area contributed by atoms with Gasteiger partial charge in [0.2, 0.25) is 41.4 Å². The van der Waals surface area contributed by atoms with Crippen LogP contribution in [0.15, 0.2) is 30.3 Å². The molecule has 26 heteroatoms. The molecule has 1 fully saturated rings. The van der Waals surface area contributed by atoms with Gasteiger partial charge in [0.25, 0.3) is 5.91 Å². The first kappa shape index (κ1) is 59.7. The maximum atomic E-state index is 14.2. The summed E-state index contributed by atoms with van der Waals surface area (Å²) in [6.07, 6.45) is -4.95. The molecule has 0 radical (unpaired) electrons. The number of aliphatic carboxylic acids is 3. The Balaban J connectivity index is 2.29. The molecule has 1 aliphatic rings. The van der Waals surface area contributed by atoms with Crippen LogP contribution in [0.4, 0.5) is 4.79 Å². The number of aliphatic hydroxyl groups excluding tert-OH is 1. The zero-order valence-corrected chi connectivity index (χ0v) is 40.7. The molecule has 1 aromatic carbocycles. The van der Waals surface area contributed by atoms with Gasteiger partial charge in [-0.2, -0.15) is 0 Å². The van der Waals surface area contributed by atoms with Crippen molar-refractivity contribution in [3.63, 3.8) is 0 Å². The Morgan fingerprint density at radius 2 is 1.18 bits per heavy atom. The van der Waals surface area contributed by atoms with Crippen LogP contribution in [0.3, 0.4) is 0 Å². The summed E-state index contributed by atoms with van der Waals surface area (Å²) in [5.74, 6) is -14.0. The van der Waals surface area contributed by atoms with Crippen LogP contribution in [0.25, 0.3) is 0 Å². The molecule has 394 valence electrons. The lowest BCUT2D eigenvalue weighted by atomic mass is 9.98. The van der Waals surface area contributed by atoms with Crippen LogP contribution in [-0.2, 0) is 64.1 Å². The van der Waals surface area contributed by atoms with Gasteiger partial charge in [0, 0.05) is 26.4 Å². The average Bonchev–Trinajstić information content (AvgIpc) is 3.78. The first-order chi connectivity index (χ1) is 33.3. The number of carbonyl (C=O) groups is 12. The molecule has 9 amide bonds. The van der Waals surface area contributed by atoms with E-state index in [1.54, 1.807) is 51.1 Å². The molecule has 0 bridgehead atoms. The number of nitrogens with zero attached hydrogens (tertiary/aromatic N) is 2. The monoisotopic (exact) mass is 1010 g/mol. The van der Waals surface area contributed by atoms with Crippen molar-refractivity contribution in [1.82, 2.24) is 47.2 Å². The number of hydrogen-bond acceptors (Lipinski definition) is 14. The van der Waals surface area contributed by atoms with E-state index in [4.69, 9.17) is 4.74 Å². The lowest BCUT2D eigenvalue weighted by Crippen LogP contribution is -2.62. The van der Waals surface area contributed by atoms with Gasteiger partial charge >= 0.3 is 24.0 Å². The summed E-state index contributed by atoms with van der Waals surface area (Å²) in [6, 6.07) is -2.40. The van der Waals surface area contributed by atoms with Crippen molar-refractivity contribution in [3.8, 4) is 0 Å². The largest absolute Gasteiger partial charge is 0.481 e. The maximum Gasteiger partial charge on any atom is 0.429 e. The smallest absolute Gasteiger partial charge is 0.429 e. The highest BCUT2D eigenvalue weighted by Crippen LogP contribution is 2.21. The Labute approximate surface area is 409 Å². The molecule has 71 heavy (non-hydrogen) atoms. The molecule has 26 nitrogen and oxygen atoms in total. The number of carboxylic acid groups (broad SMARTS) is 3. The van der Waals surface area contributed by atoms with E-state index in [2.05, 4.69) is 37.3 Å². The molecule has 2 rings (SSSR count). The number of hydrazine groups is 1. The summed E-state index contributed by atoms with van der Waals surface area (Å²) in [4.78, 5) is 156. The van der Waals surface area contributed by atoms with Gasteiger partial charge in [-0.15, -0.1) is 0 Å². The quantitative estimate of drug-likeness (QED) is 0.0447. The van der Waals surface area contributed by atoms with E-state index in [-0.39, 0.29) is 26.1 Å². The van der Waals surface area contributed by atoms with E-state index < -0.39 is 157 Å². The van der Waals surface area contributed by atoms with Crippen molar-refractivity contribution in [3.05, 3.63) is 35.9 Å². The number of likely N-dealkylation sites (tertiary alicyclic amines) is 1. The van der Waals surface area contributed by atoms with Gasteiger partial charge < -0.3 is 62.0 Å². The number of aliphatic hydroxyl groups is 1. The lowest BCUT2D eigenvalue weighted by molar-refractivity contribution is -0.144. The molecule has 11 N–H and O–H groups in total. The van der Waals surface area contributed by atoms with Crippen molar-refractivity contribution < 1.29 is 82.7 Å². The molecule has 8 atom stereocenters. The number of benzene rings is 1. The minimum absolute atomic E-state index is 0.0540. The van der Waals surface area contributed by atoms with E-state index in [9.17, 15) is 78.0 Å². The Morgan fingerprint density at radius 1 is 0.676 bits per heavy atom. The van der Waals surface area contributed by atoms with Crippen LogP contribution in [0.1, 0.15) is 99.0 Å². The third-order valence-corrected chi connectivity index (χ3v) is 10.9. The number of amides is 9. The van der Waals surface area contributed by atoms with Crippen molar-refractivity contribution in [2.24, 2.45) is 11.8 Å². The van der Waals surface area contributed by atoms with Crippen LogP contribution in [0.2, 0.25) is 0 Å². The predicted molar refractivity (Wildman–Crippen MR) is 246 cm³/mol. The molecule has 1 heterocycles. The normalized spacial score (nSPS) is 16.1. The first-order valence-corrected chi connectivity index (χ1v) is 23.0. The van der Waals surface area contributed by atoms with Crippen LogP contribution in [-0.4, -0.2) is 163 Å². The molecule has 0 saturated carbocycles. The van der Waals surface area contributed by atoms with Gasteiger partial charge in [0.05, 0.1) is 18.9 Å². The van der Waals surface area contributed by atoms with Gasteiger partial charge in [-0.25, -0.2) is 9.80 Å². The van der Waals surface area contributed by atoms with Crippen molar-refractivity contribution in [1.29, 1.82) is 0 Å². The highest BCUT2D eigenvalue weighted by molar-refractivity contribution is 5.99. The van der Waals surface area contributed by atoms with E-state index in [1.165, 1.54) is 18.7 Å². The minimum atomic E-state index is -1.98. The lowest BCUT2D eigenvalue weighted by Gasteiger charge is -2.33. The zero-order valence-electron chi connectivity index (χ0n) is 40.7. The third-order valence-electron chi connectivity index (χ3n) is 10.9. The average molecular weight is 1010 g/mol. The Kier molecular flexibility index (Phi) is 24.4. The Hall–Kier alpha value is -7.38. The molecule has 0 unspecified atom stereocenters. The second-order valence-electron chi connectivity index (χ2n) is 17.5. The van der Waals surface area contributed by atoms with Crippen molar-refractivity contribution in [2.45, 2.75) is 148 Å². The maximum absolute atomic E-state index is 14.2. The Morgan fingerprint density at radius 3 is 1.69 bits per heavy atom. The number of carboxylic acids is 3. The molecular weight excluding hydrogens is 939 g/mol. The molecule has 0 spiro atoms. The summed E-state index contributed by atoms with van der Waals surface area (Å²) in [6.45, 7) is 10.3. The SMILES string of the molecule is CCCN(NC(=O)[C@H]1CCCN1C(=O)[C@@H](NC(=O)[C@@H](NC(=O)[C@H](CC(=O)O)NC(=O)[C@H](CCC(=O)O)NC(=O)[C@@H](NC(=O)[C@H](CC(=O)O)NC(C)=O)[C@@H](C)O)C(C)C)C(C)C)C(=O)OCc1ccccc1. The second kappa shape index (κ2) is 29.0. The van der Waals surface area contributed by atoms with Gasteiger partial charge in [-0.05, 0) is 50.0 Å². The summed E-state index contributed by atoms with van der Waals surface area (Å²) < 4.78 is 5.39. The second-order valence-corrected chi connectivity index (χ2v) is 17.5. The highest BCUT2D eigenvalue weighted by atomic mass is 16.6. The van der Waals surface area contributed by atoms with E-state index >= 15 is 0 Å². The minimum Gasteiger partial charge on any atom is -0.481 e. The van der Waals surface area contributed by atoms with Gasteiger partial charge in [-0.3, -0.25) is 58.2 Å². The van der Waals surface area contributed by atoms with Gasteiger partial charge in [0.1, 0.15) is 48.9 Å². The highest BCUT2D eigenvalue weighted by Gasteiger charge is 2.41. The van der Waals surface area contributed by atoms with E-state index in [1.807, 2.05) is 0 Å². The molecule has 1 aromatic rings. The van der Waals surface area contributed by atoms with Crippen LogP contribution in [0.5, 0.6) is 0 Å². The van der Waals surface area contributed by atoms with Gasteiger partial charge in [0.15, 0.2) is 0 Å². The Bertz CT molecular complexity index is 2070. The fourth-order valence-electron chi connectivity index (χ4n) is 7.19.